The lowest BCUT2D eigenvalue weighted by Gasteiger charge is -2.11. The minimum absolute atomic E-state index is 0.171. The molecule has 0 unspecified atom stereocenters. The number of rotatable bonds is 5. The zero-order chi connectivity index (χ0) is 20.7. The van der Waals surface area contributed by atoms with Crippen LogP contribution < -0.4 is 5.32 Å². The number of carbonyl (C=O) groups excluding carboxylic acids is 1. The Morgan fingerprint density at radius 2 is 1.93 bits per heavy atom. The van der Waals surface area contributed by atoms with Crippen LogP contribution in [0.4, 0.5) is 5.82 Å². The van der Waals surface area contributed by atoms with Gasteiger partial charge in [-0.1, -0.05) is 25.1 Å². The lowest BCUT2D eigenvalue weighted by Crippen LogP contribution is -2.15. The molecule has 5 rings (SSSR count). The van der Waals surface area contributed by atoms with Crippen molar-refractivity contribution in [2.75, 3.05) is 5.32 Å². The Balaban J connectivity index is 1.44. The molecule has 7 nitrogen and oxygen atoms in total. The maximum absolute atomic E-state index is 13.0. The zero-order valence-electron chi connectivity index (χ0n) is 16.9. The first-order valence-electron chi connectivity index (χ1n) is 10.0. The fourth-order valence-electron chi connectivity index (χ4n) is 3.74. The van der Waals surface area contributed by atoms with Crippen molar-refractivity contribution in [1.82, 2.24) is 24.5 Å². The van der Waals surface area contributed by atoms with Crippen molar-refractivity contribution >= 4 is 11.7 Å². The number of benzene rings is 2. The number of aryl methyl sites for hydroxylation is 1. The third-order valence-electron chi connectivity index (χ3n) is 5.58. The number of para-hydroxylation sites is 1. The van der Waals surface area contributed by atoms with Crippen molar-refractivity contribution in [1.29, 1.82) is 0 Å². The fourth-order valence-corrected chi connectivity index (χ4v) is 3.74. The molecular formula is C23H22N6O. The van der Waals surface area contributed by atoms with Crippen molar-refractivity contribution in [2.45, 2.75) is 26.2 Å². The Labute approximate surface area is 174 Å². The van der Waals surface area contributed by atoms with E-state index < -0.39 is 0 Å². The van der Waals surface area contributed by atoms with Crippen LogP contribution in [0.15, 0.2) is 67.3 Å². The summed E-state index contributed by atoms with van der Waals surface area (Å²) in [7, 11) is 0. The molecule has 4 aromatic rings. The summed E-state index contributed by atoms with van der Waals surface area (Å²) in [5.41, 5.74) is 4.36. The van der Waals surface area contributed by atoms with Gasteiger partial charge in [-0.2, -0.15) is 10.2 Å². The SMILES string of the molecule is Cc1cc(C(=O)Nc2cc([C@H]3C[C@H]3C)nn2-c2ccccc2)ccc1-n1cncn1. The average Bonchev–Trinajstić information content (AvgIpc) is 3.13. The second kappa shape index (κ2) is 7.26. The van der Waals surface area contributed by atoms with Gasteiger partial charge < -0.3 is 5.32 Å². The molecule has 0 saturated heterocycles. The number of aromatic nitrogens is 5. The highest BCUT2D eigenvalue weighted by molar-refractivity contribution is 6.04. The normalized spacial score (nSPS) is 17.7. The van der Waals surface area contributed by atoms with E-state index >= 15 is 0 Å². The highest BCUT2D eigenvalue weighted by atomic mass is 16.1. The first-order valence-corrected chi connectivity index (χ1v) is 10.0. The van der Waals surface area contributed by atoms with Gasteiger partial charge in [0.2, 0.25) is 0 Å². The van der Waals surface area contributed by atoms with E-state index in [-0.39, 0.29) is 5.91 Å². The molecule has 150 valence electrons. The van der Waals surface area contributed by atoms with Crippen molar-refractivity contribution in [3.63, 3.8) is 0 Å². The number of nitrogens with one attached hydrogen (secondary N) is 1. The number of nitrogens with zero attached hydrogens (tertiary/aromatic N) is 5. The van der Waals surface area contributed by atoms with Gasteiger partial charge in [0.15, 0.2) is 0 Å². The molecule has 2 aromatic heterocycles. The predicted molar refractivity (Wildman–Crippen MR) is 114 cm³/mol. The lowest BCUT2D eigenvalue weighted by atomic mass is 10.1. The van der Waals surface area contributed by atoms with E-state index in [2.05, 4.69) is 22.3 Å². The molecule has 1 aliphatic rings. The second-order valence-electron chi connectivity index (χ2n) is 7.82. The Hall–Kier alpha value is -3.74. The molecule has 0 spiro atoms. The fraction of sp³-hybridized carbons (Fsp3) is 0.217. The second-order valence-corrected chi connectivity index (χ2v) is 7.82. The largest absolute Gasteiger partial charge is 0.306 e. The van der Waals surface area contributed by atoms with Crippen LogP contribution >= 0.6 is 0 Å². The average molecular weight is 398 g/mol. The summed E-state index contributed by atoms with van der Waals surface area (Å²) in [4.78, 5) is 17.0. The van der Waals surface area contributed by atoms with Crippen LogP contribution in [0, 0.1) is 12.8 Å². The smallest absolute Gasteiger partial charge is 0.256 e. The molecule has 0 bridgehead atoms. The molecule has 2 heterocycles. The van der Waals surface area contributed by atoms with Crippen LogP contribution in [0.2, 0.25) is 0 Å². The molecule has 7 heteroatoms. The molecular weight excluding hydrogens is 376 g/mol. The monoisotopic (exact) mass is 398 g/mol. The highest BCUT2D eigenvalue weighted by Gasteiger charge is 2.36. The van der Waals surface area contributed by atoms with Crippen LogP contribution in [0.5, 0.6) is 0 Å². The van der Waals surface area contributed by atoms with Crippen LogP contribution in [-0.4, -0.2) is 30.5 Å². The maximum atomic E-state index is 13.0. The lowest BCUT2D eigenvalue weighted by molar-refractivity contribution is 0.102. The van der Waals surface area contributed by atoms with Crippen molar-refractivity contribution in [3.8, 4) is 11.4 Å². The summed E-state index contributed by atoms with van der Waals surface area (Å²) in [6.45, 7) is 4.18. The number of anilines is 1. The summed E-state index contributed by atoms with van der Waals surface area (Å²) in [6, 6.07) is 17.4. The van der Waals surface area contributed by atoms with Gasteiger partial charge in [-0.05, 0) is 55.2 Å². The van der Waals surface area contributed by atoms with Crippen LogP contribution in [-0.2, 0) is 0 Å². The van der Waals surface area contributed by atoms with Gasteiger partial charge in [0.1, 0.15) is 18.5 Å². The highest BCUT2D eigenvalue weighted by Crippen LogP contribution is 2.47. The first-order chi connectivity index (χ1) is 14.6. The van der Waals surface area contributed by atoms with E-state index in [9.17, 15) is 4.79 Å². The van der Waals surface area contributed by atoms with Crippen molar-refractivity contribution in [3.05, 3.63) is 84.1 Å². The minimum atomic E-state index is -0.171. The van der Waals surface area contributed by atoms with Gasteiger partial charge in [-0.15, -0.1) is 0 Å². The predicted octanol–water partition coefficient (Wildman–Crippen LogP) is 4.14. The Morgan fingerprint density at radius 1 is 1.13 bits per heavy atom. The van der Waals surface area contributed by atoms with E-state index in [1.54, 1.807) is 17.1 Å². The number of hydrogen-bond acceptors (Lipinski definition) is 4. The maximum Gasteiger partial charge on any atom is 0.256 e. The summed E-state index contributed by atoms with van der Waals surface area (Å²) < 4.78 is 3.50. The quantitative estimate of drug-likeness (QED) is 0.548. The van der Waals surface area contributed by atoms with Gasteiger partial charge >= 0.3 is 0 Å². The van der Waals surface area contributed by atoms with Gasteiger partial charge in [0, 0.05) is 17.5 Å². The van der Waals surface area contributed by atoms with E-state index in [0.29, 0.717) is 23.2 Å². The Bertz CT molecular complexity index is 1200. The molecule has 1 amide bonds. The third kappa shape index (κ3) is 3.39. The van der Waals surface area contributed by atoms with Crippen molar-refractivity contribution in [2.24, 2.45) is 5.92 Å². The van der Waals surface area contributed by atoms with Gasteiger partial charge in [0.05, 0.1) is 17.1 Å². The van der Waals surface area contributed by atoms with Gasteiger partial charge in [-0.25, -0.2) is 14.3 Å². The zero-order valence-corrected chi connectivity index (χ0v) is 16.9. The number of carbonyl (C=O) groups is 1. The van der Waals surface area contributed by atoms with E-state index in [4.69, 9.17) is 5.10 Å². The molecule has 2 aromatic carbocycles. The third-order valence-corrected chi connectivity index (χ3v) is 5.58. The number of hydrogen-bond donors (Lipinski definition) is 1. The first kappa shape index (κ1) is 18.3. The topological polar surface area (TPSA) is 77.6 Å². The van der Waals surface area contributed by atoms with Gasteiger partial charge in [-0.3, -0.25) is 4.79 Å². The van der Waals surface area contributed by atoms with Crippen molar-refractivity contribution < 1.29 is 4.79 Å². The van der Waals surface area contributed by atoms with E-state index in [1.165, 1.54) is 6.33 Å². The summed E-state index contributed by atoms with van der Waals surface area (Å²) in [5.74, 6) is 1.61. The molecule has 1 saturated carbocycles. The Kier molecular flexibility index (Phi) is 4.43. The van der Waals surface area contributed by atoms with E-state index in [1.807, 2.05) is 60.1 Å². The number of amides is 1. The molecule has 0 radical (unpaired) electrons. The van der Waals surface area contributed by atoms with Gasteiger partial charge in [0.25, 0.3) is 5.91 Å². The minimum Gasteiger partial charge on any atom is -0.306 e. The summed E-state index contributed by atoms with van der Waals surface area (Å²) in [6.07, 6.45) is 4.27. The molecule has 30 heavy (non-hydrogen) atoms. The molecule has 1 fully saturated rings. The van der Waals surface area contributed by atoms with Crippen LogP contribution in [0.1, 0.15) is 40.9 Å². The summed E-state index contributed by atoms with van der Waals surface area (Å²) >= 11 is 0. The van der Waals surface area contributed by atoms with Crippen LogP contribution in [0.25, 0.3) is 11.4 Å². The molecule has 1 N–H and O–H groups in total. The Morgan fingerprint density at radius 3 is 2.60 bits per heavy atom. The molecule has 2 atom stereocenters. The van der Waals surface area contributed by atoms with Crippen LogP contribution in [0.3, 0.4) is 0 Å². The summed E-state index contributed by atoms with van der Waals surface area (Å²) in [5, 5.41) is 12.0. The standard InChI is InChI=1S/C23H22N6O/c1-15-11-19(15)20-12-22(29(27-20)18-6-4-3-5-7-18)26-23(30)17-8-9-21(16(2)10-17)28-14-24-13-25-28/h3-10,12-15,19H,11H2,1-2H3,(H,26,30)/t15-,19+/m1/s1. The molecule has 1 aliphatic carbocycles. The van der Waals surface area contributed by atoms with E-state index in [0.717, 1.165) is 29.1 Å². The molecule has 0 aliphatic heterocycles.